The van der Waals surface area contributed by atoms with Crippen molar-refractivity contribution in [3.05, 3.63) is 0 Å². The summed E-state index contributed by atoms with van der Waals surface area (Å²) in [6, 6.07) is 0. The largest absolute Gasteiger partial charge is 0.299 e. The Kier molecular flexibility index (Phi) is 3.45. The standard InChI is InChI=1S/C19H29FO2/c1-18-9-7-13(22-20)11-12(18)3-4-14-15-5-6-17(21)19(15,2)10-8-16(14)18/h12-16H,3-11H2,1-2H3/t12?,13-,14-,15-,16-,18-,19-/m0/s1. The fourth-order valence-electron chi connectivity index (χ4n) is 7.07. The van der Waals surface area contributed by atoms with E-state index in [1.807, 2.05) is 0 Å². The highest BCUT2D eigenvalue weighted by molar-refractivity contribution is 5.87. The van der Waals surface area contributed by atoms with E-state index in [1.54, 1.807) is 0 Å². The average molecular weight is 308 g/mol. The molecular formula is C19H29FO2. The van der Waals surface area contributed by atoms with Crippen LogP contribution in [-0.4, -0.2) is 11.9 Å². The van der Waals surface area contributed by atoms with Gasteiger partial charge < -0.3 is 0 Å². The Morgan fingerprint density at radius 3 is 2.64 bits per heavy atom. The third-order valence-electron chi connectivity index (χ3n) is 8.45. The smallest absolute Gasteiger partial charge is 0.139 e. The molecule has 0 aliphatic heterocycles. The quantitative estimate of drug-likeness (QED) is 0.691. The molecule has 4 fully saturated rings. The SMILES string of the molecule is C[C@]12CC[C@H](OF)CC1CC[C@@H]1[C@@H]2CC[C@]2(C)C(=O)CC[C@@H]12. The molecule has 0 aromatic carbocycles. The van der Waals surface area contributed by atoms with Gasteiger partial charge in [-0.15, -0.1) is 0 Å². The molecule has 0 aromatic rings. The second-order valence-corrected chi connectivity index (χ2v) is 9.06. The average Bonchev–Trinajstić information content (AvgIpc) is 2.82. The lowest BCUT2D eigenvalue weighted by Gasteiger charge is -2.60. The van der Waals surface area contributed by atoms with Gasteiger partial charge in [0.25, 0.3) is 0 Å². The second-order valence-electron chi connectivity index (χ2n) is 9.06. The van der Waals surface area contributed by atoms with Gasteiger partial charge in [-0.2, -0.15) is 4.94 Å². The molecule has 4 saturated carbocycles. The van der Waals surface area contributed by atoms with Gasteiger partial charge in [-0.25, -0.2) is 0 Å². The topological polar surface area (TPSA) is 26.3 Å². The van der Waals surface area contributed by atoms with Crippen LogP contribution in [-0.2, 0) is 9.74 Å². The van der Waals surface area contributed by atoms with Gasteiger partial charge in [0, 0.05) is 11.8 Å². The first-order valence-electron chi connectivity index (χ1n) is 9.30. The van der Waals surface area contributed by atoms with E-state index in [2.05, 4.69) is 18.8 Å². The van der Waals surface area contributed by atoms with Crippen molar-refractivity contribution in [3.63, 3.8) is 0 Å². The Bertz CT molecular complexity index is 478. The van der Waals surface area contributed by atoms with Gasteiger partial charge >= 0.3 is 0 Å². The van der Waals surface area contributed by atoms with E-state index >= 15 is 0 Å². The summed E-state index contributed by atoms with van der Waals surface area (Å²) in [6.45, 7) is 4.70. The Morgan fingerprint density at radius 1 is 1.05 bits per heavy atom. The number of hydrogen-bond donors (Lipinski definition) is 0. The minimum absolute atomic E-state index is 0.0242. The fraction of sp³-hybridized carbons (Fsp3) is 0.947. The van der Waals surface area contributed by atoms with Crippen molar-refractivity contribution in [3.8, 4) is 0 Å². The molecule has 124 valence electrons. The maximum absolute atomic E-state index is 12.6. The molecule has 0 radical (unpaired) electrons. The van der Waals surface area contributed by atoms with Crippen molar-refractivity contribution in [1.82, 2.24) is 0 Å². The van der Waals surface area contributed by atoms with Gasteiger partial charge in [-0.1, -0.05) is 13.8 Å². The minimum atomic E-state index is -0.170. The second kappa shape index (κ2) is 5.03. The van der Waals surface area contributed by atoms with Crippen molar-refractivity contribution >= 4 is 5.78 Å². The van der Waals surface area contributed by atoms with Crippen molar-refractivity contribution < 1.29 is 14.3 Å². The molecule has 0 aromatic heterocycles. The highest BCUT2D eigenvalue weighted by Gasteiger charge is 2.60. The summed E-state index contributed by atoms with van der Waals surface area (Å²) in [6.07, 6.45) is 9.37. The molecule has 0 spiro atoms. The Labute approximate surface area is 133 Å². The summed E-state index contributed by atoms with van der Waals surface area (Å²) in [4.78, 5) is 16.6. The first kappa shape index (κ1) is 15.1. The summed E-state index contributed by atoms with van der Waals surface area (Å²) >= 11 is 0. The maximum atomic E-state index is 12.6. The fourth-order valence-corrected chi connectivity index (χ4v) is 7.07. The Hall–Kier alpha value is -0.440. The van der Waals surface area contributed by atoms with Crippen LogP contribution in [0.5, 0.6) is 0 Å². The van der Waals surface area contributed by atoms with E-state index in [4.69, 9.17) is 0 Å². The van der Waals surface area contributed by atoms with E-state index in [1.165, 1.54) is 19.3 Å². The van der Waals surface area contributed by atoms with E-state index in [9.17, 15) is 9.32 Å². The zero-order valence-electron chi connectivity index (χ0n) is 13.9. The highest BCUT2D eigenvalue weighted by Crippen LogP contribution is 2.65. The van der Waals surface area contributed by atoms with Crippen LogP contribution >= 0.6 is 0 Å². The lowest BCUT2D eigenvalue weighted by atomic mass is 9.45. The predicted molar refractivity (Wildman–Crippen MR) is 82.7 cm³/mol. The summed E-state index contributed by atoms with van der Waals surface area (Å²) in [7, 11) is 0. The number of Topliss-reactive ketones (excluding diaryl/α,β-unsaturated/α-hetero) is 1. The van der Waals surface area contributed by atoms with Crippen molar-refractivity contribution in [2.24, 2.45) is 34.5 Å². The summed E-state index contributed by atoms with van der Waals surface area (Å²) in [5.74, 6) is 3.24. The molecule has 0 N–H and O–H groups in total. The van der Waals surface area contributed by atoms with Gasteiger partial charge in [0.05, 0.1) is 6.10 Å². The number of carbonyl (C=O) groups is 1. The van der Waals surface area contributed by atoms with Gasteiger partial charge in [0.1, 0.15) is 5.78 Å². The van der Waals surface area contributed by atoms with Crippen molar-refractivity contribution in [1.29, 1.82) is 0 Å². The molecule has 0 amide bonds. The van der Waals surface area contributed by atoms with Crippen LogP contribution in [0.4, 0.5) is 4.53 Å². The molecule has 4 aliphatic carbocycles. The van der Waals surface area contributed by atoms with E-state index in [0.29, 0.717) is 23.0 Å². The lowest BCUT2D eigenvalue weighted by Crippen LogP contribution is -2.54. The first-order valence-corrected chi connectivity index (χ1v) is 9.30. The van der Waals surface area contributed by atoms with E-state index in [-0.39, 0.29) is 11.5 Å². The van der Waals surface area contributed by atoms with Crippen LogP contribution in [0.3, 0.4) is 0 Å². The van der Waals surface area contributed by atoms with Crippen LogP contribution in [0.2, 0.25) is 0 Å². The van der Waals surface area contributed by atoms with Crippen LogP contribution in [0.15, 0.2) is 0 Å². The summed E-state index contributed by atoms with van der Waals surface area (Å²) in [5.41, 5.74) is 0.328. The van der Waals surface area contributed by atoms with Crippen LogP contribution in [0, 0.1) is 34.5 Å². The highest BCUT2D eigenvalue weighted by atomic mass is 19.3. The Balaban J connectivity index is 1.60. The van der Waals surface area contributed by atoms with Gasteiger partial charge in [0.15, 0.2) is 0 Å². The Morgan fingerprint density at radius 2 is 1.86 bits per heavy atom. The molecule has 2 nitrogen and oxygen atoms in total. The molecule has 0 saturated heterocycles. The molecule has 3 heteroatoms. The molecule has 4 aliphatic rings. The van der Waals surface area contributed by atoms with Gasteiger partial charge in [-0.3, -0.25) is 4.79 Å². The molecule has 4 rings (SSSR count). The summed E-state index contributed by atoms with van der Waals surface area (Å²) < 4.78 is 12.6. The number of carbonyl (C=O) groups excluding carboxylic acids is 1. The van der Waals surface area contributed by atoms with Gasteiger partial charge in [0.2, 0.25) is 0 Å². The lowest BCUT2D eigenvalue weighted by molar-refractivity contribution is -0.215. The first-order chi connectivity index (χ1) is 10.5. The van der Waals surface area contributed by atoms with E-state index in [0.717, 1.165) is 50.4 Å². The van der Waals surface area contributed by atoms with Crippen LogP contribution < -0.4 is 0 Å². The number of hydrogen-bond acceptors (Lipinski definition) is 2. The third kappa shape index (κ3) is 1.90. The number of ketones is 1. The predicted octanol–water partition coefficient (Wildman–Crippen LogP) is 4.87. The number of rotatable bonds is 1. The number of halogens is 1. The molecule has 22 heavy (non-hydrogen) atoms. The van der Waals surface area contributed by atoms with E-state index < -0.39 is 0 Å². The third-order valence-corrected chi connectivity index (χ3v) is 8.45. The molecule has 1 unspecified atom stereocenters. The van der Waals surface area contributed by atoms with Crippen LogP contribution in [0.25, 0.3) is 0 Å². The molecule has 7 atom stereocenters. The zero-order valence-corrected chi connectivity index (χ0v) is 13.9. The maximum Gasteiger partial charge on any atom is 0.139 e. The molecular weight excluding hydrogens is 279 g/mol. The molecule has 0 bridgehead atoms. The van der Waals surface area contributed by atoms with Crippen molar-refractivity contribution in [2.75, 3.05) is 0 Å². The number of fused-ring (bicyclic) bond motifs is 5. The van der Waals surface area contributed by atoms with Crippen molar-refractivity contribution in [2.45, 2.75) is 77.7 Å². The summed E-state index contributed by atoms with van der Waals surface area (Å²) in [5, 5.41) is 0. The molecule has 0 heterocycles. The van der Waals surface area contributed by atoms with Crippen LogP contribution in [0.1, 0.15) is 71.6 Å². The monoisotopic (exact) mass is 308 g/mol. The zero-order chi connectivity index (χ0) is 15.5. The van der Waals surface area contributed by atoms with Gasteiger partial charge in [-0.05, 0) is 85.0 Å². The minimum Gasteiger partial charge on any atom is -0.299 e. The normalized spacial score (nSPS) is 54.5.